The van der Waals surface area contributed by atoms with Gasteiger partial charge in [-0.05, 0) is 72.3 Å². The standard InChI is InChI=1S/C25H28N2O2/c28-25(27-10-12-29-13-11-27)19-8-9-21-20(15-19)22-17-6-7-18(14-17)23(22)24(26-21)16-4-2-1-3-5-16/h1-5,8-9,15,17-18,22-24,26H,6-7,10-14H2/t17-,18+,22+,23-,24-/m0/s1. The van der Waals surface area contributed by atoms with E-state index in [-0.39, 0.29) is 5.91 Å². The largest absolute Gasteiger partial charge is 0.378 e. The highest BCUT2D eigenvalue weighted by Gasteiger charge is 2.53. The zero-order valence-electron chi connectivity index (χ0n) is 16.7. The average Bonchev–Trinajstić information content (AvgIpc) is 3.42. The zero-order chi connectivity index (χ0) is 19.4. The maximum atomic E-state index is 13.1. The van der Waals surface area contributed by atoms with Crippen molar-refractivity contribution >= 4 is 11.6 Å². The average molecular weight is 389 g/mol. The highest BCUT2D eigenvalue weighted by atomic mass is 16.5. The molecule has 4 nitrogen and oxygen atoms in total. The van der Waals surface area contributed by atoms with E-state index in [0.29, 0.717) is 44.2 Å². The highest BCUT2D eigenvalue weighted by molar-refractivity contribution is 5.95. The minimum Gasteiger partial charge on any atom is -0.378 e. The van der Waals surface area contributed by atoms with Crippen molar-refractivity contribution in [3.63, 3.8) is 0 Å². The molecule has 2 aliphatic carbocycles. The molecule has 0 radical (unpaired) electrons. The molecule has 29 heavy (non-hydrogen) atoms. The van der Waals surface area contributed by atoms with Crippen LogP contribution in [0.5, 0.6) is 0 Å². The molecule has 1 N–H and O–H groups in total. The van der Waals surface area contributed by atoms with E-state index in [2.05, 4.69) is 47.8 Å². The van der Waals surface area contributed by atoms with Gasteiger partial charge in [-0.3, -0.25) is 4.79 Å². The summed E-state index contributed by atoms with van der Waals surface area (Å²) in [5, 5.41) is 3.87. The first-order chi connectivity index (χ1) is 14.3. The first-order valence-electron chi connectivity index (χ1n) is 11.1. The summed E-state index contributed by atoms with van der Waals surface area (Å²) in [7, 11) is 0. The van der Waals surface area contributed by atoms with Crippen LogP contribution in [0.4, 0.5) is 5.69 Å². The van der Waals surface area contributed by atoms with Crippen LogP contribution in [0, 0.1) is 17.8 Å². The second-order valence-corrected chi connectivity index (χ2v) is 9.18. The molecular formula is C25H28N2O2. The molecule has 1 saturated heterocycles. The molecule has 2 heterocycles. The number of hydrogen-bond donors (Lipinski definition) is 1. The summed E-state index contributed by atoms with van der Waals surface area (Å²) in [5.74, 6) is 2.94. The highest BCUT2D eigenvalue weighted by Crippen LogP contribution is 2.63. The molecule has 0 unspecified atom stereocenters. The summed E-state index contributed by atoms with van der Waals surface area (Å²) in [5.41, 5.74) is 4.85. The van der Waals surface area contributed by atoms with Crippen LogP contribution in [0.1, 0.15) is 52.7 Å². The van der Waals surface area contributed by atoms with Gasteiger partial charge in [0.25, 0.3) is 5.91 Å². The Morgan fingerprint density at radius 3 is 2.62 bits per heavy atom. The van der Waals surface area contributed by atoms with Crippen molar-refractivity contribution < 1.29 is 9.53 Å². The molecule has 2 aromatic carbocycles. The van der Waals surface area contributed by atoms with Gasteiger partial charge in [-0.15, -0.1) is 0 Å². The Labute approximate surface area is 172 Å². The molecule has 2 aliphatic heterocycles. The lowest BCUT2D eigenvalue weighted by Gasteiger charge is -2.43. The van der Waals surface area contributed by atoms with Gasteiger partial charge in [0.2, 0.25) is 0 Å². The summed E-state index contributed by atoms with van der Waals surface area (Å²) in [6.07, 6.45) is 4.05. The maximum Gasteiger partial charge on any atom is 0.254 e. The van der Waals surface area contributed by atoms with Crippen molar-refractivity contribution in [1.82, 2.24) is 4.90 Å². The van der Waals surface area contributed by atoms with Gasteiger partial charge >= 0.3 is 0 Å². The van der Waals surface area contributed by atoms with Gasteiger partial charge < -0.3 is 15.0 Å². The number of anilines is 1. The van der Waals surface area contributed by atoms with E-state index in [1.54, 1.807) is 0 Å². The van der Waals surface area contributed by atoms with Gasteiger partial charge in [0.15, 0.2) is 0 Å². The van der Waals surface area contributed by atoms with Crippen molar-refractivity contribution in [2.75, 3.05) is 31.6 Å². The van der Waals surface area contributed by atoms with Gasteiger partial charge in [0.1, 0.15) is 0 Å². The molecule has 6 rings (SSSR count). The van der Waals surface area contributed by atoms with E-state index in [1.165, 1.54) is 36.1 Å². The number of carbonyl (C=O) groups is 1. The summed E-state index contributed by atoms with van der Waals surface area (Å²) < 4.78 is 5.42. The Hall–Kier alpha value is -2.33. The van der Waals surface area contributed by atoms with Crippen LogP contribution in [0.2, 0.25) is 0 Å². The Bertz CT molecular complexity index is 922. The molecule has 2 bridgehead atoms. The normalized spacial score (nSPS) is 32.4. The van der Waals surface area contributed by atoms with Crippen molar-refractivity contribution in [2.24, 2.45) is 17.8 Å². The van der Waals surface area contributed by atoms with E-state index < -0.39 is 0 Å². The van der Waals surface area contributed by atoms with E-state index in [9.17, 15) is 4.79 Å². The summed E-state index contributed by atoms with van der Waals surface area (Å²) in [6.45, 7) is 2.68. The fourth-order valence-electron chi connectivity index (χ4n) is 6.56. The Kier molecular flexibility index (Phi) is 4.15. The van der Waals surface area contributed by atoms with Crippen LogP contribution in [0.15, 0.2) is 48.5 Å². The number of benzene rings is 2. The Morgan fingerprint density at radius 1 is 1.00 bits per heavy atom. The SMILES string of the molecule is O=C(c1ccc2c(c1)[C@H]1[C@H]3CC[C@H](C3)[C@@H]1[C@H](c1ccccc1)N2)N1CCOCC1. The van der Waals surface area contributed by atoms with Crippen LogP contribution in [-0.4, -0.2) is 37.1 Å². The molecule has 0 spiro atoms. The lowest BCUT2D eigenvalue weighted by molar-refractivity contribution is 0.0303. The van der Waals surface area contributed by atoms with E-state index in [1.807, 2.05) is 11.0 Å². The molecule has 0 aromatic heterocycles. The summed E-state index contributed by atoms with van der Waals surface area (Å²) in [4.78, 5) is 15.0. The lowest BCUT2D eigenvalue weighted by Crippen LogP contribution is -2.41. The van der Waals surface area contributed by atoms with E-state index >= 15 is 0 Å². The molecular weight excluding hydrogens is 360 g/mol. The molecule has 3 fully saturated rings. The maximum absolute atomic E-state index is 13.1. The number of nitrogens with one attached hydrogen (secondary N) is 1. The van der Waals surface area contributed by atoms with Crippen molar-refractivity contribution in [1.29, 1.82) is 0 Å². The van der Waals surface area contributed by atoms with Crippen LogP contribution in [0.3, 0.4) is 0 Å². The summed E-state index contributed by atoms with van der Waals surface area (Å²) in [6, 6.07) is 17.7. The topological polar surface area (TPSA) is 41.6 Å². The Morgan fingerprint density at radius 2 is 1.79 bits per heavy atom. The number of hydrogen-bond acceptors (Lipinski definition) is 3. The number of carbonyl (C=O) groups excluding carboxylic acids is 1. The monoisotopic (exact) mass is 388 g/mol. The third-order valence-electron chi connectivity index (χ3n) is 7.79. The number of nitrogens with zero attached hydrogens (tertiary/aromatic N) is 1. The first kappa shape index (κ1) is 17.5. The third-order valence-corrected chi connectivity index (χ3v) is 7.79. The van der Waals surface area contributed by atoms with Crippen molar-refractivity contribution in [2.45, 2.75) is 31.2 Å². The predicted octanol–water partition coefficient (Wildman–Crippen LogP) is 4.46. The second kappa shape index (κ2) is 6.88. The minimum absolute atomic E-state index is 0.154. The van der Waals surface area contributed by atoms with E-state index in [0.717, 1.165) is 17.4 Å². The number of rotatable bonds is 2. The summed E-state index contributed by atoms with van der Waals surface area (Å²) >= 11 is 0. The fraction of sp³-hybridized carbons (Fsp3) is 0.480. The van der Waals surface area contributed by atoms with Crippen molar-refractivity contribution in [3.8, 4) is 0 Å². The quantitative estimate of drug-likeness (QED) is 0.826. The van der Waals surface area contributed by atoms with Gasteiger partial charge in [0, 0.05) is 24.3 Å². The van der Waals surface area contributed by atoms with Crippen LogP contribution >= 0.6 is 0 Å². The number of ether oxygens (including phenoxy) is 1. The zero-order valence-corrected chi connectivity index (χ0v) is 16.7. The number of amides is 1. The first-order valence-corrected chi connectivity index (χ1v) is 11.1. The lowest BCUT2D eigenvalue weighted by atomic mass is 9.68. The van der Waals surface area contributed by atoms with Gasteiger partial charge in [-0.1, -0.05) is 30.3 Å². The molecule has 2 saturated carbocycles. The number of morpholine rings is 1. The molecule has 5 atom stereocenters. The Balaban J connectivity index is 1.38. The molecule has 2 aromatic rings. The number of fused-ring (bicyclic) bond motifs is 7. The predicted molar refractivity (Wildman–Crippen MR) is 113 cm³/mol. The molecule has 4 heteroatoms. The second-order valence-electron chi connectivity index (χ2n) is 9.18. The van der Waals surface area contributed by atoms with Gasteiger partial charge in [-0.25, -0.2) is 0 Å². The van der Waals surface area contributed by atoms with Crippen molar-refractivity contribution in [3.05, 3.63) is 65.2 Å². The smallest absolute Gasteiger partial charge is 0.254 e. The van der Waals surface area contributed by atoms with Crippen LogP contribution in [0.25, 0.3) is 0 Å². The molecule has 1 amide bonds. The van der Waals surface area contributed by atoms with Crippen LogP contribution in [-0.2, 0) is 4.74 Å². The van der Waals surface area contributed by atoms with Crippen LogP contribution < -0.4 is 5.32 Å². The van der Waals surface area contributed by atoms with Gasteiger partial charge in [-0.2, -0.15) is 0 Å². The van der Waals surface area contributed by atoms with E-state index in [4.69, 9.17) is 4.74 Å². The molecule has 150 valence electrons. The van der Waals surface area contributed by atoms with Gasteiger partial charge in [0.05, 0.1) is 19.3 Å². The molecule has 4 aliphatic rings. The third kappa shape index (κ3) is 2.80. The minimum atomic E-state index is 0.154. The fourth-order valence-corrected chi connectivity index (χ4v) is 6.56.